The molecule has 414 valence electrons. The van der Waals surface area contributed by atoms with Gasteiger partial charge in [0.25, 0.3) is 23.6 Å². The molecule has 0 unspecified atom stereocenters. The minimum Gasteiger partial charge on any atom is -0.274 e. The first-order valence-corrected chi connectivity index (χ1v) is 27.1. The van der Waals surface area contributed by atoms with Crippen molar-refractivity contribution in [1.29, 1.82) is 0 Å². The molecule has 2 aliphatic heterocycles. The lowest BCUT2D eigenvalue weighted by Gasteiger charge is -2.27. The molecule has 0 fully saturated rings. The second kappa shape index (κ2) is 27.7. The quantitative estimate of drug-likeness (QED) is 0.0290. The summed E-state index contributed by atoms with van der Waals surface area (Å²) in [6.45, 7) is 6.32. The van der Waals surface area contributed by atoms with Crippen LogP contribution < -0.4 is 18.3 Å². The second-order valence-electron chi connectivity index (χ2n) is 20.7. The smallest absolute Gasteiger partial charge is 0.261 e. The van der Waals surface area contributed by atoms with E-state index < -0.39 is 0 Å². The molecule has 0 atom stereocenters. The van der Waals surface area contributed by atoms with Gasteiger partial charge in [-0.2, -0.15) is 0 Å². The molecule has 8 aromatic rings. The van der Waals surface area contributed by atoms with Gasteiger partial charge in [0.1, 0.15) is 49.6 Å². The van der Waals surface area contributed by atoms with E-state index in [-0.39, 0.29) is 53.3 Å². The predicted molar refractivity (Wildman–Crippen MR) is 309 cm³/mol. The van der Waals surface area contributed by atoms with Crippen molar-refractivity contribution in [2.75, 3.05) is 13.1 Å². The fourth-order valence-electron chi connectivity index (χ4n) is 11.3. The number of nitrogens with zero attached hydrogens (tertiary/aromatic N) is 10. The summed E-state index contributed by atoms with van der Waals surface area (Å²) >= 11 is 0. The van der Waals surface area contributed by atoms with Crippen LogP contribution in [0.3, 0.4) is 0 Å². The van der Waals surface area contributed by atoms with Gasteiger partial charge in [0.15, 0.2) is 0 Å². The lowest BCUT2D eigenvalue weighted by atomic mass is 9.89. The zero-order valence-corrected chi connectivity index (χ0v) is 43.4. The normalized spacial score (nSPS) is 12.7. The van der Waals surface area contributed by atoms with E-state index in [2.05, 4.69) is 89.1 Å². The third-order valence-corrected chi connectivity index (χ3v) is 15.2. The minimum absolute atomic E-state index is 0. The van der Waals surface area contributed by atoms with Crippen LogP contribution in [0, 0.1) is 0 Å². The lowest BCUT2D eigenvalue weighted by Crippen LogP contribution is -2.41. The maximum absolute atomic E-state index is 13.6. The molecule has 0 saturated carbocycles. The summed E-state index contributed by atoms with van der Waals surface area (Å²) in [5.41, 5.74) is 4.97. The molecular weight excluding hydrogens is 973 g/mol. The highest BCUT2D eigenvalue weighted by Crippen LogP contribution is 2.35. The molecule has 0 radical (unpaired) electrons. The van der Waals surface area contributed by atoms with Crippen molar-refractivity contribution in [3.63, 3.8) is 0 Å². The van der Waals surface area contributed by atoms with Crippen molar-refractivity contribution < 1.29 is 37.4 Å². The van der Waals surface area contributed by atoms with Crippen molar-refractivity contribution in [3.05, 3.63) is 169 Å². The van der Waals surface area contributed by atoms with Crippen molar-refractivity contribution in [2.45, 2.75) is 159 Å². The van der Waals surface area contributed by atoms with Crippen LogP contribution >= 0.6 is 0 Å². The number of hydrogen-bond donors (Lipinski definition) is 0. The molecule has 10 rings (SSSR count). The van der Waals surface area contributed by atoms with E-state index in [0.29, 0.717) is 48.2 Å². The molecule has 2 aliphatic rings. The predicted octanol–water partition coefficient (Wildman–Crippen LogP) is 10.4. The van der Waals surface area contributed by atoms with Gasteiger partial charge in [-0.15, -0.1) is 0 Å². The molecule has 0 saturated heterocycles. The summed E-state index contributed by atoms with van der Waals surface area (Å²) in [6, 6.07) is 19.9. The van der Waals surface area contributed by atoms with Crippen LogP contribution in [0.2, 0.25) is 0 Å². The molecule has 14 heteroatoms. The zero-order chi connectivity index (χ0) is 51.0. The summed E-state index contributed by atoms with van der Waals surface area (Å²) in [5.74, 6) is -0.743. The Labute approximate surface area is 463 Å². The van der Waals surface area contributed by atoms with Crippen molar-refractivity contribution >= 4 is 45.2 Å². The molecule has 14 nitrogen and oxygen atoms in total. The number of aromatic nitrogens is 8. The summed E-state index contributed by atoms with van der Waals surface area (Å²) in [4.78, 5) is 57.1. The molecule has 4 aromatic heterocycles. The first kappa shape index (κ1) is 59.8. The standard InChI is InChI=1S/C60H72N10O4.4CH4/c1-61-35-37-63(43-61)31-15-33-69-57(71)51-21-13-19-49-47(23-25-53(55(49)51)59(69)73)17-7-3-5-9-27-65-39-41-67(45-65)29-11-12-30-68-42-40-66(46-68)28-10-6-4-8-18-48-24-26-54-56-50(48)20-14-22-52(56)58(72)70(60(54)74)34-16-32-64-38-36-62(2)44-64;;;;/h13-14,19-26,35-46H,3-12,15-18,27-34H2,1-2H3;4*1H4/q+4;;;;. The summed E-state index contributed by atoms with van der Waals surface area (Å²) < 4.78 is 17.3. The second-order valence-corrected chi connectivity index (χ2v) is 20.7. The van der Waals surface area contributed by atoms with E-state index in [1.165, 1.54) is 20.9 Å². The number of carbonyl (C=O) groups excluding carboxylic acids is 4. The van der Waals surface area contributed by atoms with Crippen LogP contribution in [0.5, 0.6) is 0 Å². The van der Waals surface area contributed by atoms with Gasteiger partial charge < -0.3 is 0 Å². The molecule has 4 aromatic carbocycles. The van der Waals surface area contributed by atoms with Crippen LogP contribution in [0.15, 0.2) is 136 Å². The molecule has 0 N–H and O–H groups in total. The third-order valence-electron chi connectivity index (χ3n) is 15.2. The van der Waals surface area contributed by atoms with Gasteiger partial charge in [0, 0.05) is 59.0 Å². The van der Waals surface area contributed by atoms with E-state index in [9.17, 15) is 19.2 Å². The SMILES string of the molecule is C.C.C.C.C[n+]1ccn(CCCN2C(=O)c3cccc4c(CCCCCC[n+]5ccn(CCCCn6cc[n+](CCCCCCc7ccc8c9c(cccc79)C(=O)N(CCCn7cc[n+](C)c7)C8=O)c6)c5)ccc(c34)C2=O)c1. The molecule has 78 heavy (non-hydrogen) atoms. The van der Waals surface area contributed by atoms with Crippen LogP contribution in [0.1, 0.15) is 159 Å². The highest BCUT2D eigenvalue weighted by Gasteiger charge is 2.34. The summed E-state index contributed by atoms with van der Waals surface area (Å²) in [7, 11) is 3.96. The summed E-state index contributed by atoms with van der Waals surface area (Å²) in [5, 5.41) is 3.71. The Kier molecular flexibility index (Phi) is 21.2. The Morgan fingerprint density at radius 3 is 1.12 bits per heavy atom. The van der Waals surface area contributed by atoms with Gasteiger partial charge in [-0.05, 0) is 110 Å². The van der Waals surface area contributed by atoms with Crippen LogP contribution in [0.4, 0.5) is 0 Å². The number of hydrogen-bond acceptors (Lipinski definition) is 4. The number of amides is 4. The van der Waals surface area contributed by atoms with E-state index in [1.54, 1.807) is 0 Å². The molecular formula is C64H88N10O4+4. The molecule has 0 bridgehead atoms. The maximum Gasteiger partial charge on any atom is 0.261 e. The molecule has 6 heterocycles. The first-order chi connectivity index (χ1) is 36.2. The average Bonchev–Trinajstić information content (AvgIpc) is 4.30. The highest BCUT2D eigenvalue weighted by atomic mass is 16.2. The number of carbonyl (C=O) groups is 4. The van der Waals surface area contributed by atoms with Gasteiger partial charge in [-0.25, -0.2) is 36.5 Å². The van der Waals surface area contributed by atoms with Gasteiger partial charge >= 0.3 is 0 Å². The Hall–Kier alpha value is -7.48. The monoisotopic (exact) mass is 1060 g/mol. The lowest BCUT2D eigenvalue weighted by molar-refractivity contribution is -0.697. The Morgan fingerprint density at radius 2 is 0.718 bits per heavy atom. The Balaban J connectivity index is 0.00000246. The molecule has 0 spiro atoms. The average molecular weight is 1060 g/mol. The van der Waals surface area contributed by atoms with E-state index in [1.807, 2.05) is 97.1 Å². The van der Waals surface area contributed by atoms with Gasteiger partial charge in [0.05, 0.1) is 53.4 Å². The Morgan fingerprint density at radius 1 is 0.359 bits per heavy atom. The van der Waals surface area contributed by atoms with Gasteiger partial charge in [0.2, 0.25) is 25.3 Å². The van der Waals surface area contributed by atoms with Crippen molar-refractivity contribution in [2.24, 2.45) is 14.1 Å². The number of unbranched alkanes of at least 4 members (excludes halogenated alkanes) is 7. The minimum atomic E-state index is -0.186. The van der Waals surface area contributed by atoms with E-state index in [4.69, 9.17) is 0 Å². The topological polar surface area (TPSA) is 110 Å². The largest absolute Gasteiger partial charge is 0.274 e. The maximum atomic E-state index is 13.6. The molecule has 0 aliphatic carbocycles. The first-order valence-electron chi connectivity index (χ1n) is 27.1. The van der Waals surface area contributed by atoms with Crippen molar-refractivity contribution in [3.8, 4) is 0 Å². The third kappa shape index (κ3) is 13.6. The number of benzene rings is 4. The van der Waals surface area contributed by atoms with E-state index >= 15 is 0 Å². The van der Waals surface area contributed by atoms with Crippen molar-refractivity contribution in [1.82, 2.24) is 28.1 Å². The number of rotatable bonds is 27. The fraction of sp³-hybridized carbons (Fsp3) is 0.438. The van der Waals surface area contributed by atoms with Gasteiger partial charge in [-0.3, -0.25) is 29.0 Å². The number of imide groups is 2. The van der Waals surface area contributed by atoms with Crippen LogP contribution in [-0.4, -0.2) is 64.8 Å². The Bertz CT molecular complexity index is 3040. The number of imidazole rings is 4. The highest BCUT2D eigenvalue weighted by molar-refractivity contribution is 6.26. The van der Waals surface area contributed by atoms with E-state index in [0.717, 1.165) is 138 Å². The van der Waals surface area contributed by atoms with Gasteiger partial charge in [-0.1, -0.05) is 78.9 Å². The fourth-order valence-corrected chi connectivity index (χ4v) is 11.3. The summed E-state index contributed by atoms with van der Waals surface area (Å²) in [6.07, 6.45) is 39.7. The zero-order valence-electron chi connectivity index (χ0n) is 43.4. The van der Waals surface area contributed by atoms with Crippen LogP contribution in [-0.2, 0) is 66.2 Å². The van der Waals surface area contributed by atoms with Crippen LogP contribution in [0.25, 0.3) is 21.5 Å². The number of aryl methyl sites for hydroxylation is 10. The molecule has 4 amide bonds.